The van der Waals surface area contributed by atoms with Crippen LogP contribution in [-0.2, 0) is 7.05 Å². The first-order valence-electron chi connectivity index (χ1n) is 5.89. The van der Waals surface area contributed by atoms with Crippen molar-refractivity contribution in [1.29, 1.82) is 5.26 Å². The van der Waals surface area contributed by atoms with Crippen molar-refractivity contribution in [2.24, 2.45) is 7.05 Å². The third-order valence-corrected chi connectivity index (χ3v) is 3.26. The fraction of sp³-hybridized carbons (Fsp3) is 0.0667. The Morgan fingerprint density at radius 3 is 2.79 bits per heavy atom. The minimum atomic E-state index is -0.138. The van der Waals surface area contributed by atoms with Crippen molar-refractivity contribution in [3.8, 4) is 17.2 Å². The van der Waals surface area contributed by atoms with Crippen LogP contribution < -0.4 is 5.69 Å². The molecule has 0 saturated carbocycles. The molecule has 0 radical (unpaired) electrons. The van der Waals surface area contributed by atoms with Gasteiger partial charge in [0.1, 0.15) is 0 Å². The molecule has 92 valence electrons. The van der Waals surface area contributed by atoms with Gasteiger partial charge in [-0.25, -0.2) is 4.79 Å². The van der Waals surface area contributed by atoms with Gasteiger partial charge in [0, 0.05) is 7.05 Å². The number of H-pyrrole nitrogens is 1. The Labute approximate surface area is 109 Å². The SMILES string of the molecule is Cn1c(=O)[nH]c2ccc(-c3ccccc3C#N)cc21. The standard InChI is InChI=1S/C15H11N3O/c1-18-14-8-10(6-7-13(14)17-15(18)19)12-5-3-2-4-11(12)9-16/h2-8H,1H3,(H,17,19). The van der Waals surface area contributed by atoms with Crippen molar-refractivity contribution in [2.45, 2.75) is 0 Å². The van der Waals surface area contributed by atoms with Gasteiger partial charge in [-0.2, -0.15) is 5.26 Å². The van der Waals surface area contributed by atoms with Crippen molar-refractivity contribution in [3.63, 3.8) is 0 Å². The number of rotatable bonds is 1. The van der Waals surface area contributed by atoms with Gasteiger partial charge in [0.25, 0.3) is 0 Å². The third kappa shape index (κ3) is 1.72. The molecule has 1 N–H and O–H groups in total. The molecule has 0 aliphatic carbocycles. The topological polar surface area (TPSA) is 61.6 Å². The molecule has 0 spiro atoms. The van der Waals surface area contributed by atoms with Gasteiger partial charge >= 0.3 is 5.69 Å². The summed E-state index contributed by atoms with van der Waals surface area (Å²) in [5.41, 5.74) is 3.92. The van der Waals surface area contributed by atoms with E-state index in [0.29, 0.717) is 5.56 Å². The minimum Gasteiger partial charge on any atom is -0.306 e. The Hall–Kier alpha value is -2.80. The second-order valence-electron chi connectivity index (χ2n) is 4.38. The lowest BCUT2D eigenvalue weighted by atomic mass is 10.00. The fourth-order valence-electron chi connectivity index (χ4n) is 2.22. The van der Waals surface area contributed by atoms with Crippen LogP contribution in [0.5, 0.6) is 0 Å². The Morgan fingerprint density at radius 1 is 1.21 bits per heavy atom. The summed E-state index contributed by atoms with van der Waals surface area (Å²) < 4.78 is 1.56. The van der Waals surface area contributed by atoms with Crippen molar-refractivity contribution >= 4 is 11.0 Å². The highest BCUT2D eigenvalue weighted by Crippen LogP contribution is 2.25. The predicted octanol–water partition coefficient (Wildman–Crippen LogP) is 2.41. The largest absolute Gasteiger partial charge is 0.326 e. The van der Waals surface area contributed by atoms with Gasteiger partial charge in [-0.1, -0.05) is 24.3 Å². The Kier molecular flexibility index (Phi) is 2.46. The van der Waals surface area contributed by atoms with Gasteiger partial charge in [0.05, 0.1) is 22.7 Å². The molecule has 0 fully saturated rings. The summed E-state index contributed by atoms with van der Waals surface area (Å²) in [7, 11) is 1.72. The van der Waals surface area contributed by atoms with E-state index >= 15 is 0 Å². The van der Waals surface area contributed by atoms with Crippen molar-refractivity contribution in [2.75, 3.05) is 0 Å². The quantitative estimate of drug-likeness (QED) is 0.719. The van der Waals surface area contributed by atoms with Crippen molar-refractivity contribution in [1.82, 2.24) is 9.55 Å². The monoisotopic (exact) mass is 249 g/mol. The van der Waals surface area contributed by atoms with Crippen LogP contribution in [0.3, 0.4) is 0 Å². The molecule has 0 amide bonds. The zero-order valence-electron chi connectivity index (χ0n) is 10.3. The molecule has 2 aromatic carbocycles. The summed E-state index contributed by atoms with van der Waals surface area (Å²) in [4.78, 5) is 14.3. The van der Waals surface area contributed by atoms with E-state index in [-0.39, 0.29) is 5.69 Å². The maximum atomic E-state index is 11.6. The number of aromatic amines is 1. The van der Waals surface area contributed by atoms with Crippen LogP contribution in [0.2, 0.25) is 0 Å². The Morgan fingerprint density at radius 2 is 2.00 bits per heavy atom. The second-order valence-corrected chi connectivity index (χ2v) is 4.38. The molecule has 0 aliphatic heterocycles. The molecule has 1 heterocycles. The van der Waals surface area contributed by atoms with E-state index in [9.17, 15) is 4.79 Å². The molecular formula is C15H11N3O. The first kappa shape index (κ1) is 11.3. The van der Waals surface area contributed by atoms with Gasteiger partial charge in [-0.3, -0.25) is 4.57 Å². The molecular weight excluding hydrogens is 238 g/mol. The van der Waals surface area contributed by atoms with Gasteiger partial charge in [0.2, 0.25) is 0 Å². The number of hydrogen-bond donors (Lipinski definition) is 1. The van der Waals surface area contributed by atoms with Gasteiger partial charge in [-0.15, -0.1) is 0 Å². The molecule has 19 heavy (non-hydrogen) atoms. The normalized spacial score (nSPS) is 10.5. The molecule has 3 aromatic rings. The number of aryl methyl sites for hydroxylation is 1. The van der Waals surface area contributed by atoms with Crippen LogP contribution in [0, 0.1) is 11.3 Å². The lowest BCUT2D eigenvalue weighted by Crippen LogP contribution is -2.11. The van der Waals surface area contributed by atoms with Crippen LogP contribution >= 0.6 is 0 Å². The summed E-state index contributed by atoms with van der Waals surface area (Å²) in [6, 6.07) is 15.3. The first-order valence-corrected chi connectivity index (χ1v) is 5.89. The maximum Gasteiger partial charge on any atom is 0.326 e. The summed E-state index contributed by atoms with van der Waals surface area (Å²) >= 11 is 0. The van der Waals surface area contributed by atoms with Crippen molar-refractivity contribution in [3.05, 3.63) is 58.5 Å². The number of aromatic nitrogens is 2. The second kappa shape index (κ2) is 4.14. The van der Waals surface area contributed by atoms with Crippen LogP contribution in [0.1, 0.15) is 5.56 Å². The van der Waals surface area contributed by atoms with Crippen LogP contribution in [0.15, 0.2) is 47.3 Å². The zero-order chi connectivity index (χ0) is 13.4. The lowest BCUT2D eigenvalue weighted by Gasteiger charge is -2.04. The molecule has 3 rings (SSSR count). The highest BCUT2D eigenvalue weighted by molar-refractivity contribution is 5.83. The van der Waals surface area contributed by atoms with Gasteiger partial charge in [0.15, 0.2) is 0 Å². The van der Waals surface area contributed by atoms with E-state index in [1.807, 2.05) is 36.4 Å². The molecule has 0 aliphatic rings. The van der Waals surface area contributed by atoms with E-state index in [1.165, 1.54) is 0 Å². The van der Waals surface area contributed by atoms with E-state index in [4.69, 9.17) is 5.26 Å². The molecule has 0 atom stereocenters. The van der Waals surface area contributed by atoms with Crippen molar-refractivity contribution < 1.29 is 0 Å². The average molecular weight is 249 g/mol. The first-order chi connectivity index (χ1) is 9.20. The summed E-state index contributed by atoms with van der Waals surface area (Å²) in [5.74, 6) is 0. The number of benzene rings is 2. The number of nitrogens with zero attached hydrogens (tertiary/aromatic N) is 2. The lowest BCUT2D eigenvalue weighted by molar-refractivity contribution is 0.892. The molecule has 1 aromatic heterocycles. The van der Waals surface area contributed by atoms with E-state index in [2.05, 4.69) is 11.1 Å². The fourth-order valence-corrected chi connectivity index (χ4v) is 2.22. The van der Waals surface area contributed by atoms with Gasteiger partial charge in [-0.05, 0) is 29.3 Å². The highest BCUT2D eigenvalue weighted by atomic mass is 16.1. The van der Waals surface area contributed by atoms with Crippen LogP contribution in [-0.4, -0.2) is 9.55 Å². The van der Waals surface area contributed by atoms with E-state index in [0.717, 1.165) is 22.2 Å². The number of nitriles is 1. The summed E-state index contributed by atoms with van der Waals surface area (Å²) in [5, 5.41) is 9.14. The highest BCUT2D eigenvalue weighted by Gasteiger charge is 2.08. The molecule has 0 unspecified atom stereocenters. The maximum absolute atomic E-state index is 11.6. The summed E-state index contributed by atoms with van der Waals surface area (Å²) in [6.07, 6.45) is 0. The Bertz CT molecular complexity index is 865. The molecule has 0 bridgehead atoms. The minimum absolute atomic E-state index is 0.138. The molecule has 0 saturated heterocycles. The molecule has 4 heteroatoms. The number of nitrogens with one attached hydrogen (secondary N) is 1. The Balaban J connectivity index is 2.29. The third-order valence-electron chi connectivity index (χ3n) is 3.26. The number of fused-ring (bicyclic) bond motifs is 1. The molecule has 4 nitrogen and oxygen atoms in total. The van der Waals surface area contributed by atoms with Crippen LogP contribution in [0.25, 0.3) is 22.2 Å². The predicted molar refractivity (Wildman–Crippen MR) is 73.7 cm³/mol. The zero-order valence-corrected chi connectivity index (χ0v) is 10.3. The number of imidazole rings is 1. The smallest absolute Gasteiger partial charge is 0.306 e. The number of hydrogen-bond acceptors (Lipinski definition) is 2. The summed E-state index contributed by atoms with van der Waals surface area (Å²) in [6.45, 7) is 0. The van der Waals surface area contributed by atoms with E-state index in [1.54, 1.807) is 17.7 Å². The van der Waals surface area contributed by atoms with Gasteiger partial charge < -0.3 is 4.98 Å². The van der Waals surface area contributed by atoms with E-state index < -0.39 is 0 Å². The average Bonchev–Trinajstić information content (AvgIpc) is 2.74. The van der Waals surface area contributed by atoms with Crippen LogP contribution in [0.4, 0.5) is 0 Å².